The van der Waals surface area contributed by atoms with Gasteiger partial charge < -0.3 is 9.32 Å². The zero-order valence-electron chi connectivity index (χ0n) is 14.9. The van der Waals surface area contributed by atoms with Gasteiger partial charge in [-0.05, 0) is 41.5 Å². The first-order chi connectivity index (χ1) is 12.9. The maximum Gasteiger partial charge on any atom is 0.254 e. The molecule has 0 saturated heterocycles. The fraction of sp³-hybridized carbons (Fsp3) is 0.200. The van der Waals surface area contributed by atoms with Crippen LogP contribution in [-0.4, -0.2) is 30.5 Å². The summed E-state index contributed by atoms with van der Waals surface area (Å²) in [7, 11) is -3.18. The zero-order chi connectivity index (χ0) is 19.3. The molecule has 0 unspecified atom stereocenters. The van der Waals surface area contributed by atoms with Crippen molar-refractivity contribution in [3.05, 3.63) is 89.6 Å². The number of aromatic nitrogens is 1. The summed E-state index contributed by atoms with van der Waals surface area (Å²) in [5.41, 5.74) is 1.92. The third-order valence-corrected chi connectivity index (χ3v) is 4.77. The summed E-state index contributed by atoms with van der Waals surface area (Å²) in [6.07, 6.45) is 6.13. The van der Waals surface area contributed by atoms with Crippen molar-refractivity contribution >= 4 is 15.7 Å². The van der Waals surface area contributed by atoms with Crippen molar-refractivity contribution in [1.82, 2.24) is 9.88 Å². The van der Waals surface area contributed by atoms with Gasteiger partial charge in [0, 0.05) is 30.8 Å². The second-order valence-electron chi connectivity index (χ2n) is 6.37. The van der Waals surface area contributed by atoms with Gasteiger partial charge in [-0.1, -0.05) is 18.2 Å². The largest absolute Gasteiger partial charge is 0.467 e. The number of nitrogens with zero attached hydrogens (tertiary/aromatic N) is 2. The molecule has 3 rings (SSSR count). The van der Waals surface area contributed by atoms with E-state index < -0.39 is 9.84 Å². The molecule has 0 atom stereocenters. The standard InChI is InChI=1S/C20H20N2O4S/c1-27(24,25)15-16-5-2-7-18(11-16)20(23)22(14-19-8-4-10-26-19)13-17-6-3-9-21-12-17/h2-12H,13-15H2,1H3. The predicted octanol–water partition coefficient (Wildman–Crippen LogP) is 3.06. The minimum atomic E-state index is -3.18. The third-order valence-electron chi connectivity index (χ3n) is 3.91. The molecule has 27 heavy (non-hydrogen) atoms. The molecule has 0 aliphatic heterocycles. The number of furan rings is 1. The Morgan fingerprint density at radius 3 is 2.56 bits per heavy atom. The first-order valence-corrected chi connectivity index (χ1v) is 10.4. The van der Waals surface area contributed by atoms with Crippen LogP contribution in [0.15, 0.2) is 71.6 Å². The molecule has 0 fully saturated rings. The minimum absolute atomic E-state index is 0.102. The molecule has 0 bridgehead atoms. The number of carbonyl (C=O) groups excluding carboxylic acids is 1. The van der Waals surface area contributed by atoms with Gasteiger partial charge in [-0.15, -0.1) is 0 Å². The lowest BCUT2D eigenvalue weighted by Crippen LogP contribution is -2.30. The van der Waals surface area contributed by atoms with Gasteiger partial charge in [0.05, 0.1) is 18.6 Å². The molecule has 0 aliphatic carbocycles. The van der Waals surface area contributed by atoms with Crippen molar-refractivity contribution in [2.75, 3.05) is 6.26 Å². The number of pyridine rings is 1. The van der Waals surface area contributed by atoms with Crippen LogP contribution < -0.4 is 0 Å². The highest BCUT2D eigenvalue weighted by Crippen LogP contribution is 2.16. The average molecular weight is 384 g/mol. The minimum Gasteiger partial charge on any atom is -0.467 e. The fourth-order valence-electron chi connectivity index (χ4n) is 2.78. The second kappa shape index (κ2) is 8.18. The van der Waals surface area contributed by atoms with Gasteiger partial charge >= 0.3 is 0 Å². The fourth-order valence-corrected chi connectivity index (χ4v) is 3.57. The third kappa shape index (κ3) is 5.52. The van der Waals surface area contributed by atoms with Gasteiger partial charge in [0.15, 0.2) is 9.84 Å². The molecule has 0 spiro atoms. The molecule has 6 nitrogen and oxygen atoms in total. The van der Waals surface area contributed by atoms with E-state index in [-0.39, 0.29) is 11.7 Å². The maximum absolute atomic E-state index is 13.1. The van der Waals surface area contributed by atoms with Crippen molar-refractivity contribution in [1.29, 1.82) is 0 Å². The van der Waals surface area contributed by atoms with Gasteiger partial charge in [0.25, 0.3) is 5.91 Å². The SMILES string of the molecule is CS(=O)(=O)Cc1cccc(C(=O)N(Cc2cccnc2)Cc2ccco2)c1. The van der Waals surface area contributed by atoms with Crippen LogP contribution in [0.4, 0.5) is 0 Å². The first-order valence-electron chi connectivity index (χ1n) is 8.38. The number of benzene rings is 1. The topological polar surface area (TPSA) is 80.5 Å². The van der Waals surface area contributed by atoms with E-state index in [2.05, 4.69) is 4.98 Å². The van der Waals surface area contributed by atoms with Crippen LogP contribution in [0.3, 0.4) is 0 Å². The van der Waals surface area contributed by atoms with Gasteiger partial charge in [-0.3, -0.25) is 9.78 Å². The molecule has 0 N–H and O–H groups in total. The highest BCUT2D eigenvalue weighted by Gasteiger charge is 2.19. The smallest absolute Gasteiger partial charge is 0.254 e. The number of carbonyl (C=O) groups is 1. The van der Waals surface area contributed by atoms with Crippen molar-refractivity contribution in [3.63, 3.8) is 0 Å². The monoisotopic (exact) mass is 384 g/mol. The average Bonchev–Trinajstić information content (AvgIpc) is 3.13. The molecule has 140 valence electrons. The number of amides is 1. The molecule has 7 heteroatoms. The molecule has 1 aromatic carbocycles. The van der Waals surface area contributed by atoms with E-state index in [1.54, 1.807) is 53.9 Å². The molecule has 0 radical (unpaired) electrons. The predicted molar refractivity (Wildman–Crippen MR) is 102 cm³/mol. The highest BCUT2D eigenvalue weighted by molar-refractivity contribution is 7.89. The van der Waals surface area contributed by atoms with E-state index in [1.807, 2.05) is 18.2 Å². The summed E-state index contributed by atoms with van der Waals surface area (Å²) in [5, 5.41) is 0. The summed E-state index contributed by atoms with van der Waals surface area (Å²) >= 11 is 0. The normalized spacial score (nSPS) is 11.3. The second-order valence-corrected chi connectivity index (χ2v) is 8.51. The Morgan fingerprint density at radius 2 is 1.89 bits per heavy atom. The van der Waals surface area contributed by atoms with Crippen LogP contribution in [0.1, 0.15) is 27.2 Å². The quantitative estimate of drug-likeness (QED) is 0.625. The summed E-state index contributed by atoms with van der Waals surface area (Å²) in [4.78, 5) is 18.8. The van der Waals surface area contributed by atoms with E-state index in [0.717, 1.165) is 5.56 Å². The number of hydrogen-bond donors (Lipinski definition) is 0. The van der Waals surface area contributed by atoms with Crippen LogP contribution in [0.5, 0.6) is 0 Å². The van der Waals surface area contributed by atoms with E-state index in [0.29, 0.717) is 30.0 Å². The Bertz CT molecular complexity index is 999. The lowest BCUT2D eigenvalue weighted by molar-refractivity contribution is 0.0717. The summed E-state index contributed by atoms with van der Waals surface area (Å²) in [6.45, 7) is 0.667. The molecule has 2 aromatic heterocycles. The molecule has 1 amide bonds. The first kappa shape index (κ1) is 18.8. The van der Waals surface area contributed by atoms with Crippen molar-refractivity contribution < 1.29 is 17.6 Å². The molecular formula is C20H20N2O4S. The van der Waals surface area contributed by atoms with Gasteiger partial charge in [-0.2, -0.15) is 0 Å². The molecule has 2 heterocycles. The Morgan fingerprint density at radius 1 is 1.07 bits per heavy atom. The summed E-state index contributed by atoms with van der Waals surface area (Å²) < 4.78 is 28.5. The van der Waals surface area contributed by atoms with Crippen LogP contribution in [-0.2, 0) is 28.7 Å². The maximum atomic E-state index is 13.1. The summed E-state index contributed by atoms with van der Waals surface area (Å²) in [6, 6.07) is 14.0. The van der Waals surface area contributed by atoms with Gasteiger partial charge in [-0.25, -0.2) is 8.42 Å². The lowest BCUT2D eigenvalue weighted by atomic mass is 10.1. The van der Waals surface area contributed by atoms with Gasteiger partial charge in [0.1, 0.15) is 5.76 Å². The van der Waals surface area contributed by atoms with E-state index >= 15 is 0 Å². The van der Waals surface area contributed by atoms with E-state index in [4.69, 9.17) is 4.42 Å². The van der Waals surface area contributed by atoms with Crippen molar-refractivity contribution in [2.45, 2.75) is 18.8 Å². The number of hydrogen-bond acceptors (Lipinski definition) is 5. The van der Waals surface area contributed by atoms with Crippen LogP contribution >= 0.6 is 0 Å². The van der Waals surface area contributed by atoms with Crippen molar-refractivity contribution in [3.8, 4) is 0 Å². The Kier molecular flexibility index (Phi) is 5.71. The molecular weight excluding hydrogens is 364 g/mol. The van der Waals surface area contributed by atoms with Crippen LogP contribution in [0.2, 0.25) is 0 Å². The Balaban J connectivity index is 1.86. The van der Waals surface area contributed by atoms with Crippen molar-refractivity contribution in [2.24, 2.45) is 0 Å². The van der Waals surface area contributed by atoms with Crippen LogP contribution in [0, 0.1) is 0 Å². The molecule has 0 aliphatic rings. The Labute approximate surface area is 158 Å². The molecule has 3 aromatic rings. The highest BCUT2D eigenvalue weighted by atomic mass is 32.2. The van der Waals surface area contributed by atoms with Crippen LogP contribution in [0.25, 0.3) is 0 Å². The van der Waals surface area contributed by atoms with E-state index in [1.165, 1.54) is 6.26 Å². The molecule has 0 saturated carbocycles. The van der Waals surface area contributed by atoms with Gasteiger partial charge in [0.2, 0.25) is 0 Å². The number of rotatable bonds is 7. The number of sulfone groups is 1. The Hall–Kier alpha value is -2.93. The summed E-state index contributed by atoms with van der Waals surface area (Å²) in [5.74, 6) is 0.361. The van der Waals surface area contributed by atoms with E-state index in [9.17, 15) is 13.2 Å². The zero-order valence-corrected chi connectivity index (χ0v) is 15.7. The lowest BCUT2D eigenvalue weighted by Gasteiger charge is -2.22.